The molecule has 1 heterocycles. The number of nitrogens with zero attached hydrogens (tertiary/aromatic N) is 3. The van der Waals surface area contributed by atoms with Crippen LogP contribution in [0.4, 0.5) is 5.69 Å². The third-order valence-corrected chi connectivity index (χ3v) is 4.69. The van der Waals surface area contributed by atoms with E-state index >= 15 is 0 Å². The minimum Gasteiger partial charge on any atom is -0.350 e. The van der Waals surface area contributed by atoms with E-state index in [0.29, 0.717) is 5.84 Å². The summed E-state index contributed by atoms with van der Waals surface area (Å²) in [5, 5.41) is 4.43. The molecule has 0 unspecified atom stereocenters. The molecule has 2 aromatic carbocycles. The summed E-state index contributed by atoms with van der Waals surface area (Å²) in [5.41, 5.74) is 6.22. The summed E-state index contributed by atoms with van der Waals surface area (Å²) in [4.78, 5) is 16.5. The number of nitrogens with one attached hydrogen (secondary N) is 1. The molecule has 0 spiro atoms. The van der Waals surface area contributed by atoms with E-state index in [2.05, 4.69) is 45.4 Å². The van der Waals surface area contributed by atoms with Crippen molar-refractivity contribution in [3.63, 3.8) is 0 Å². The van der Waals surface area contributed by atoms with Crippen LogP contribution in [0.2, 0.25) is 0 Å². The summed E-state index contributed by atoms with van der Waals surface area (Å²) in [6.07, 6.45) is 0. The van der Waals surface area contributed by atoms with Gasteiger partial charge in [0.1, 0.15) is 0 Å². The smallest absolute Gasteiger partial charge is 0.196 e. The van der Waals surface area contributed by atoms with Gasteiger partial charge in [-0.2, -0.15) is 5.10 Å². The van der Waals surface area contributed by atoms with Crippen molar-refractivity contribution in [2.45, 2.75) is 13.8 Å². The monoisotopic (exact) mass is 350 g/mol. The van der Waals surface area contributed by atoms with Gasteiger partial charge in [-0.05, 0) is 29.8 Å². The Labute approximate surface area is 155 Å². The molecule has 1 aliphatic heterocycles. The maximum atomic E-state index is 12.1. The summed E-state index contributed by atoms with van der Waals surface area (Å²) < 4.78 is 0. The number of carbonyl (C=O) groups is 1. The van der Waals surface area contributed by atoms with Crippen LogP contribution in [0.25, 0.3) is 11.1 Å². The number of piperazine rings is 1. The lowest BCUT2D eigenvalue weighted by Crippen LogP contribution is -2.50. The zero-order valence-electron chi connectivity index (χ0n) is 15.5. The SMILES string of the molecule is CCN1CCN(C(=NNc2cccc(-c3ccccc3)c2)C(C)=O)CC1. The number of Topliss-reactive ketones (excluding diaryl/α,β-unsaturated/α-hetero) is 1. The fraction of sp³-hybridized carbons (Fsp3) is 0.333. The van der Waals surface area contributed by atoms with Gasteiger partial charge >= 0.3 is 0 Å². The molecule has 0 radical (unpaired) electrons. The van der Waals surface area contributed by atoms with Crippen molar-refractivity contribution in [3.8, 4) is 11.1 Å². The molecule has 0 bridgehead atoms. The molecule has 3 rings (SSSR count). The first kappa shape index (κ1) is 18.1. The molecule has 136 valence electrons. The highest BCUT2D eigenvalue weighted by Crippen LogP contribution is 2.22. The first-order valence-electron chi connectivity index (χ1n) is 9.15. The Hall–Kier alpha value is -2.66. The molecule has 5 nitrogen and oxygen atoms in total. The van der Waals surface area contributed by atoms with Crippen LogP contribution in [0.5, 0.6) is 0 Å². The van der Waals surface area contributed by atoms with E-state index in [4.69, 9.17) is 0 Å². The van der Waals surface area contributed by atoms with Crippen LogP contribution in [-0.4, -0.2) is 54.1 Å². The fourth-order valence-electron chi connectivity index (χ4n) is 3.16. The van der Waals surface area contributed by atoms with E-state index in [0.717, 1.165) is 49.5 Å². The lowest BCUT2D eigenvalue weighted by atomic mass is 10.1. The maximum Gasteiger partial charge on any atom is 0.196 e. The van der Waals surface area contributed by atoms with Crippen LogP contribution in [0.1, 0.15) is 13.8 Å². The van der Waals surface area contributed by atoms with Gasteiger partial charge in [-0.25, -0.2) is 0 Å². The van der Waals surface area contributed by atoms with Crippen molar-refractivity contribution in [3.05, 3.63) is 54.6 Å². The Morgan fingerprint density at radius 3 is 2.35 bits per heavy atom. The number of hydrogen-bond acceptors (Lipinski definition) is 4. The van der Waals surface area contributed by atoms with Gasteiger partial charge in [0.05, 0.1) is 5.69 Å². The van der Waals surface area contributed by atoms with E-state index < -0.39 is 0 Å². The number of amidine groups is 1. The second-order valence-electron chi connectivity index (χ2n) is 6.47. The lowest BCUT2D eigenvalue weighted by molar-refractivity contribution is -0.111. The molecule has 0 atom stereocenters. The number of anilines is 1. The van der Waals surface area contributed by atoms with Crippen LogP contribution >= 0.6 is 0 Å². The highest BCUT2D eigenvalue weighted by Gasteiger charge is 2.21. The third kappa shape index (κ3) is 4.49. The molecule has 1 aliphatic rings. The zero-order chi connectivity index (χ0) is 18.4. The zero-order valence-corrected chi connectivity index (χ0v) is 15.5. The lowest BCUT2D eigenvalue weighted by Gasteiger charge is -2.35. The standard InChI is InChI=1S/C21H26N4O/c1-3-24-12-14-25(15-13-24)21(17(2)26)23-22-20-11-7-10-19(16-20)18-8-5-4-6-9-18/h4-11,16,22H,3,12-15H2,1-2H3. The average Bonchev–Trinajstić information content (AvgIpc) is 2.69. The number of hydrogen-bond donors (Lipinski definition) is 1. The molecular weight excluding hydrogens is 324 g/mol. The molecule has 0 aliphatic carbocycles. The predicted octanol–water partition coefficient (Wildman–Crippen LogP) is 3.31. The quantitative estimate of drug-likeness (QED) is 0.511. The normalized spacial score (nSPS) is 15.8. The van der Waals surface area contributed by atoms with Crippen molar-refractivity contribution < 1.29 is 4.79 Å². The number of rotatable bonds is 5. The van der Waals surface area contributed by atoms with Crippen LogP contribution in [0.15, 0.2) is 59.7 Å². The van der Waals surface area contributed by atoms with Gasteiger partial charge in [0, 0.05) is 33.1 Å². The van der Waals surface area contributed by atoms with E-state index in [1.54, 1.807) is 6.92 Å². The van der Waals surface area contributed by atoms with Crippen LogP contribution < -0.4 is 5.43 Å². The van der Waals surface area contributed by atoms with E-state index in [1.807, 2.05) is 36.4 Å². The molecule has 1 saturated heterocycles. The van der Waals surface area contributed by atoms with Gasteiger partial charge in [-0.1, -0.05) is 49.4 Å². The van der Waals surface area contributed by atoms with Crippen molar-refractivity contribution in [1.82, 2.24) is 9.80 Å². The van der Waals surface area contributed by atoms with Crippen molar-refractivity contribution in [2.24, 2.45) is 5.10 Å². The Balaban J connectivity index is 1.73. The van der Waals surface area contributed by atoms with Gasteiger partial charge in [-0.15, -0.1) is 0 Å². The number of likely N-dealkylation sites (N-methyl/N-ethyl adjacent to an activating group) is 1. The van der Waals surface area contributed by atoms with Gasteiger partial charge in [0.25, 0.3) is 0 Å². The fourth-order valence-corrected chi connectivity index (χ4v) is 3.16. The van der Waals surface area contributed by atoms with E-state index in [-0.39, 0.29) is 5.78 Å². The van der Waals surface area contributed by atoms with Gasteiger partial charge < -0.3 is 9.80 Å². The first-order valence-corrected chi connectivity index (χ1v) is 9.15. The molecule has 0 amide bonds. The van der Waals surface area contributed by atoms with Crippen LogP contribution in [0, 0.1) is 0 Å². The molecule has 26 heavy (non-hydrogen) atoms. The number of hydrazone groups is 1. The minimum absolute atomic E-state index is 0.0123. The Bertz CT molecular complexity index is 765. The second kappa shape index (κ2) is 8.63. The highest BCUT2D eigenvalue weighted by atomic mass is 16.1. The van der Waals surface area contributed by atoms with E-state index in [1.165, 1.54) is 0 Å². The summed E-state index contributed by atoms with van der Waals surface area (Å²) in [5.74, 6) is 0.493. The molecule has 1 N–H and O–H groups in total. The van der Waals surface area contributed by atoms with Crippen LogP contribution in [-0.2, 0) is 4.79 Å². The van der Waals surface area contributed by atoms with Crippen molar-refractivity contribution in [2.75, 3.05) is 38.1 Å². The predicted molar refractivity (Wildman–Crippen MR) is 107 cm³/mol. The van der Waals surface area contributed by atoms with Gasteiger partial charge in [0.15, 0.2) is 11.6 Å². The molecule has 0 aromatic heterocycles. The summed E-state index contributed by atoms with van der Waals surface area (Å²) in [6.45, 7) is 8.38. The molecular formula is C21H26N4O. The molecule has 1 fully saturated rings. The summed E-state index contributed by atoms with van der Waals surface area (Å²) in [7, 11) is 0. The molecule has 2 aromatic rings. The number of carbonyl (C=O) groups excluding carboxylic acids is 1. The molecule has 5 heteroatoms. The highest BCUT2D eigenvalue weighted by molar-refractivity contribution is 6.37. The Morgan fingerprint density at radius 1 is 1.00 bits per heavy atom. The molecule has 0 saturated carbocycles. The number of benzene rings is 2. The Kier molecular flexibility index (Phi) is 6.02. The largest absolute Gasteiger partial charge is 0.350 e. The summed E-state index contributed by atoms with van der Waals surface area (Å²) >= 11 is 0. The first-order chi connectivity index (χ1) is 12.7. The van der Waals surface area contributed by atoms with E-state index in [9.17, 15) is 4.79 Å². The third-order valence-electron chi connectivity index (χ3n) is 4.69. The number of ketones is 1. The second-order valence-corrected chi connectivity index (χ2v) is 6.47. The van der Waals surface area contributed by atoms with Gasteiger partial charge in [-0.3, -0.25) is 10.2 Å². The average molecular weight is 350 g/mol. The van der Waals surface area contributed by atoms with Crippen molar-refractivity contribution >= 4 is 17.3 Å². The Morgan fingerprint density at radius 2 is 1.69 bits per heavy atom. The topological polar surface area (TPSA) is 47.9 Å². The van der Waals surface area contributed by atoms with Crippen LogP contribution in [0.3, 0.4) is 0 Å². The maximum absolute atomic E-state index is 12.1. The summed E-state index contributed by atoms with van der Waals surface area (Å²) in [6, 6.07) is 18.3. The van der Waals surface area contributed by atoms with Gasteiger partial charge in [0.2, 0.25) is 0 Å². The van der Waals surface area contributed by atoms with Crippen molar-refractivity contribution in [1.29, 1.82) is 0 Å². The minimum atomic E-state index is -0.0123.